The molecular weight excluding hydrogens is 177 g/mol. The van der Waals surface area contributed by atoms with Crippen LogP contribution in [0, 0.1) is 0 Å². The summed E-state index contributed by atoms with van der Waals surface area (Å²) in [5, 5.41) is 0. The molecule has 0 aliphatic carbocycles. The van der Waals surface area contributed by atoms with Gasteiger partial charge in [-0.25, -0.2) is 0 Å². The van der Waals surface area contributed by atoms with Gasteiger partial charge in [-0.2, -0.15) is 0 Å². The van der Waals surface area contributed by atoms with E-state index in [9.17, 15) is 0 Å². The second-order valence-electron chi connectivity index (χ2n) is 1.63. The molecule has 1 aromatic heterocycles. The van der Waals surface area contributed by atoms with E-state index >= 15 is 0 Å². The molecule has 0 aliphatic rings. The Morgan fingerprint density at radius 1 is 1.56 bits per heavy atom. The molecule has 1 unspecified atom stereocenters. The molecule has 1 aromatic rings. The van der Waals surface area contributed by atoms with Crippen LogP contribution in [0.2, 0.25) is 0 Å². The molecule has 2 nitrogen and oxygen atoms in total. The van der Waals surface area contributed by atoms with Gasteiger partial charge in [0.1, 0.15) is 0 Å². The Morgan fingerprint density at radius 2 is 2.33 bits per heavy atom. The first-order chi connectivity index (χ1) is 4.33. The zero-order valence-corrected chi connectivity index (χ0v) is 7.59. The Balaban J connectivity index is 2.88. The van der Waals surface area contributed by atoms with Crippen molar-refractivity contribution < 1.29 is 4.74 Å². The average molecular weight is 185 g/mol. The van der Waals surface area contributed by atoms with E-state index in [4.69, 9.17) is 4.74 Å². The quantitative estimate of drug-likeness (QED) is 0.542. The minimum atomic E-state index is 0.677. The number of rotatable bonds is 1. The van der Waals surface area contributed by atoms with Gasteiger partial charge in [0.05, 0.1) is 0 Å². The van der Waals surface area contributed by atoms with E-state index in [2.05, 4.69) is 4.98 Å². The Labute approximate surface area is 62.8 Å². The van der Waals surface area contributed by atoms with Gasteiger partial charge in [-0.1, -0.05) is 0 Å². The van der Waals surface area contributed by atoms with Gasteiger partial charge in [-0.05, 0) is 0 Å². The van der Waals surface area contributed by atoms with E-state index in [1.165, 1.54) is 4.35 Å². The number of ether oxygens (including phenoxy) is 1. The molecule has 0 bridgehead atoms. The number of pyridine rings is 1. The summed E-state index contributed by atoms with van der Waals surface area (Å²) < 4.78 is 6.08. The molecule has 0 aromatic carbocycles. The number of hydrogen-bond acceptors (Lipinski definition) is 2. The van der Waals surface area contributed by atoms with Gasteiger partial charge in [0.25, 0.3) is 0 Å². The molecule has 0 N–H and O–H groups in total. The van der Waals surface area contributed by atoms with Crippen molar-refractivity contribution in [3.63, 3.8) is 0 Å². The molecule has 48 valence electrons. The zero-order chi connectivity index (χ0) is 6.69. The SMILES string of the molecule is COc1ccc([AsH2])cn1. The van der Waals surface area contributed by atoms with Crippen molar-refractivity contribution in [3.05, 3.63) is 18.3 Å². The molecule has 0 aliphatic heterocycles. The fourth-order valence-corrected chi connectivity index (χ4v) is 0.871. The van der Waals surface area contributed by atoms with Crippen LogP contribution in [0.25, 0.3) is 0 Å². The molecule has 0 amide bonds. The Hall–Kier alpha value is -0.492. The predicted octanol–water partition coefficient (Wildman–Crippen LogP) is -0.651. The summed E-state index contributed by atoms with van der Waals surface area (Å²) in [6.45, 7) is 0. The Morgan fingerprint density at radius 3 is 2.78 bits per heavy atom. The molecule has 9 heavy (non-hydrogen) atoms. The third-order valence-electron chi connectivity index (χ3n) is 0.968. The summed E-state index contributed by atoms with van der Waals surface area (Å²) in [7, 11) is 1.61. The van der Waals surface area contributed by atoms with E-state index in [1.54, 1.807) is 30.2 Å². The van der Waals surface area contributed by atoms with Crippen LogP contribution in [-0.2, 0) is 0 Å². The van der Waals surface area contributed by atoms with Gasteiger partial charge in [0.2, 0.25) is 0 Å². The molecule has 1 atom stereocenters. The molecule has 0 spiro atoms. The maximum absolute atomic E-state index is 4.86. The van der Waals surface area contributed by atoms with E-state index in [1.807, 2.05) is 12.1 Å². The number of hydrogen-bond donors (Lipinski definition) is 0. The molecule has 0 saturated heterocycles. The second-order valence-corrected chi connectivity index (χ2v) is 3.03. The van der Waals surface area contributed by atoms with Gasteiger partial charge in [-0.15, -0.1) is 0 Å². The van der Waals surface area contributed by atoms with Crippen molar-refractivity contribution in [2.24, 2.45) is 0 Å². The first kappa shape index (κ1) is 6.63. The second kappa shape index (κ2) is 2.88. The van der Waals surface area contributed by atoms with Crippen molar-refractivity contribution in [2.45, 2.75) is 0 Å². The van der Waals surface area contributed by atoms with Crippen LogP contribution in [0.15, 0.2) is 18.3 Å². The van der Waals surface area contributed by atoms with Crippen LogP contribution in [-0.4, -0.2) is 28.9 Å². The maximum atomic E-state index is 4.86. The zero-order valence-electron chi connectivity index (χ0n) is 5.16. The third-order valence-corrected chi connectivity index (χ3v) is 1.68. The van der Waals surface area contributed by atoms with Crippen LogP contribution >= 0.6 is 0 Å². The Kier molecular flexibility index (Phi) is 2.12. The van der Waals surface area contributed by atoms with Crippen molar-refractivity contribution in [1.29, 1.82) is 0 Å². The number of nitrogens with zero attached hydrogens (tertiary/aromatic N) is 1. The van der Waals surface area contributed by atoms with E-state index in [0.29, 0.717) is 5.88 Å². The van der Waals surface area contributed by atoms with E-state index in [0.717, 1.165) is 0 Å². The summed E-state index contributed by atoms with van der Waals surface area (Å²) in [6, 6.07) is 3.85. The fourth-order valence-electron chi connectivity index (χ4n) is 0.512. The van der Waals surface area contributed by atoms with Crippen LogP contribution in [0.5, 0.6) is 5.88 Å². The van der Waals surface area contributed by atoms with Crippen LogP contribution < -0.4 is 9.09 Å². The summed E-state index contributed by atoms with van der Waals surface area (Å²) in [5.41, 5.74) is 0. The molecular formula is C6H8AsNO. The van der Waals surface area contributed by atoms with Gasteiger partial charge in [-0.3, -0.25) is 0 Å². The van der Waals surface area contributed by atoms with Crippen molar-refractivity contribution >= 4 is 21.2 Å². The first-order valence-electron chi connectivity index (χ1n) is 2.58. The Bertz CT molecular complexity index is 185. The molecule has 0 saturated carbocycles. The normalized spacial score (nSPS) is 9.11. The van der Waals surface area contributed by atoms with E-state index < -0.39 is 0 Å². The number of aromatic nitrogens is 1. The topological polar surface area (TPSA) is 22.1 Å². The van der Waals surface area contributed by atoms with Gasteiger partial charge < -0.3 is 0 Å². The molecule has 0 radical (unpaired) electrons. The van der Waals surface area contributed by atoms with Gasteiger partial charge in [0.15, 0.2) is 0 Å². The minimum absolute atomic E-state index is 0.677. The summed E-state index contributed by atoms with van der Waals surface area (Å²) >= 11 is 1.57. The van der Waals surface area contributed by atoms with Crippen LogP contribution in [0.3, 0.4) is 0 Å². The standard InChI is InChI=1S/C6H8AsNO/c1-9-6-3-2-5(7)4-8-6/h2-4H,7H2,1H3. The summed E-state index contributed by atoms with van der Waals surface area (Å²) in [4.78, 5) is 3.99. The molecule has 1 heterocycles. The van der Waals surface area contributed by atoms with Crippen molar-refractivity contribution in [3.8, 4) is 5.88 Å². The fraction of sp³-hybridized carbons (Fsp3) is 0.167. The van der Waals surface area contributed by atoms with Crippen molar-refractivity contribution in [2.75, 3.05) is 7.11 Å². The average Bonchev–Trinajstić information content (AvgIpc) is 1.90. The summed E-state index contributed by atoms with van der Waals surface area (Å²) in [5.74, 6) is 0.677. The first-order valence-corrected chi connectivity index (χ1v) is 3.79. The van der Waals surface area contributed by atoms with Gasteiger partial charge in [0, 0.05) is 0 Å². The van der Waals surface area contributed by atoms with Crippen LogP contribution in [0.1, 0.15) is 0 Å². The number of methoxy groups -OCH3 is 1. The predicted molar refractivity (Wildman–Crippen MR) is 39.0 cm³/mol. The molecule has 0 fully saturated rings. The summed E-state index contributed by atoms with van der Waals surface area (Å²) in [6.07, 6.45) is 1.80. The monoisotopic (exact) mass is 185 g/mol. The molecule has 1 rings (SSSR count). The van der Waals surface area contributed by atoms with Gasteiger partial charge >= 0.3 is 62.2 Å². The third kappa shape index (κ3) is 1.72. The van der Waals surface area contributed by atoms with Crippen LogP contribution in [0.4, 0.5) is 0 Å². The van der Waals surface area contributed by atoms with E-state index in [-0.39, 0.29) is 0 Å². The molecule has 3 heteroatoms. The van der Waals surface area contributed by atoms with Crippen molar-refractivity contribution in [1.82, 2.24) is 4.98 Å².